The van der Waals surface area contributed by atoms with Crippen molar-refractivity contribution in [2.24, 2.45) is 0 Å². The highest BCUT2D eigenvalue weighted by molar-refractivity contribution is 14.1. The van der Waals surface area contributed by atoms with Crippen molar-refractivity contribution in [2.45, 2.75) is 6.92 Å². The Hall–Kier alpha value is -0.420. The van der Waals surface area contributed by atoms with Crippen molar-refractivity contribution in [1.82, 2.24) is 14.7 Å². The van der Waals surface area contributed by atoms with E-state index in [-0.39, 0.29) is 18.9 Å². The summed E-state index contributed by atoms with van der Waals surface area (Å²) in [4.78, 5) is 34.5. The topological polar surface area (TPSA) is 131 Å². The highest BCUT2D eigenvalue weighted by atomic mass is 127. The van der Waals surface area contributed by atoms with Crippen molar-refractivity contribution >= 4 is 55.9 Å². The molecule has 0 aliphatic carbocycles. The van der Waals surface area contributed by atoms with Crippen LogP contribution in [0.1, 0.15) is 6.92 Å². The number of nitrogens with zero attached hydrogens (tertiary/aromatic N) is 3. The highest BCUT2D eigenvalue weighted by Crippen LogP contribution is 2.48. The van der Waals surface area contributed by atoms with Crippen LogP contribution in [-0.2, 0) is 16.5 Å². The largest absolute Gasteiger partial charge is 0.340 e. The van der Waals surface area contributed by atoms with Crippen LogP contribution in [0.3, 0.4) is 0 Å². The summed E-state index contributed by atoms with van der Waals surface area (Å²) in [5, 5.41) is 0.968. The number of hydrogen-bond acceptors (Lipinski definition) is 7. The minimum Gasteiger partial charge on any atom is -0.340 e. The Bertz CT molecular complexity index is 1080. The maximum absolute atomic E-state index is 13.7. The molecule has 0 heterocycles. The van der Waals surface area contributed by atoms with Crippen LogP contribution < -0.4 is 10.6 Å². The Balaban J connectivity index is 2.15. The predicted molar refractivity (Wildman–Crippen MR) is 153 cm³/mol. The fraction of sp³-hybridized carbons (Fsp3) is 0.455. The molecule has 0 radical (unpaired) electrons. The zero-order valence-corrected chi connectivity index (χ0v) is 25.3. The monoisotopic (exact) mass is 673 g/mol. The van der Waals surface area contributed by atoms with E-state index in [0.29, 0.717) is 43.3 Å². The molecule has 3 N–H and O–H groups in total. The van der Waals surface area contributed by atoms with Gasteiger partial charge in [-0.1, -0.05) is 43.3 Å². The van der Waals surface area contributed by atoms with E-state index in [4.69, 9.17) is 2.85 Å². The van der Waals surface area contributed by atoms with E-state index in [1.54, 1.807) is 84.7 Å². The molecule has 2 rings (SSSR count). The maximum Gasteiger partial charge on any atom is 0.339 e. The summed E-state index contributed by atoms with van der Waals surface area (Å²) in [7, 11) is -9.44. The molecular formula is C22H35IN3O7P3. The quantitative estimate of drug-likeness (QED) is 0.181. The van der Waals surface area contributed by atoms with E-state index >= 15 is 0 Å². The summed E-state index contributed by atoms with van der Waals surface area (Å²) >= 11 is 1.65. The zero-order chi connectivity index (χ0) is 26.8. The van der Waals surface area contributed by atoms with Crippen LogP contribution in [-0.4, -0.2) is 88.0 Å². The SMILES string of the molecule is CCN(CCN(CCN(C)CP(=O)(O)O)CP(=O)(OI)c1ccccc1)CP(=O)(O)c1ccccc1. The third kappa shape index (κ3) is 10.8. The second-order valence-corrected chi connectivity index (χ2v) is 15.9. The molecule has 0 amide bonds. The lowest BCUT2D eigenvalue weighted by Crippen LogP contribution is -2.40. The molecule has 0 bridgehead atoms. The third-order valence-electron chi connectivity index (χ3n) is 5.60. The molecule has 2 atom stereocenters. The summed E-state index contributed by atoms with van der Waals surface area (Å²) < 4.78 is 43.5. The van der Waals surface area contributed by atoms with Crippen molar-refractivity contribution in [2.75, 3.05) is 58.6 Å². The summed E-state index contributed by atoms with van der Waals surface area (Å²) in [5.41, 5.74) is 0. The molecule has 0 aliphatic rings. The van der Waals surface area contributed by atoms with E-state index in [0.717, 1.165) is 0 Å². The minimum absolute atomic E-state index is 0.0153. The van der Waals surface area contributed by atoms with E-state index in [1.807, 2.05) is 22.8 Å². The van der Waals surface area contributed by atoms with E-state index in [2.05, 4.69) is 0 Å². The van der Waals surface area contributed by atoms with Crippen molar-refractivity contribution < 1.29 is 31.2 Å². The van der Waals surface area contributed by atoms with Crippen LogP contribution in [0.2, 0.25) is 0 Å². The first-order valence-corrected chi connectivity index (χ1v) is 17.7. The lowest BCUT2D eigenvalue weighted by Gasteiger charge is -2.31. The van der Waals surface area contributed by atoms with Gasteiger partial charge in [0.25, 0.3) is 7.37 Å². The normalized spacial score (nSPS) is 15.8. The van der Waals surface area contributed by atoms with Crippen LogP contribution in [0.15, 0.2) is 60.7 Å². The van der Waals surface area contributed by atoms with Gasteiger partial charge in [-0.2, -0.15) is 0 Å². The first-order chi connectivity index (χ1) is 16.9. The van der Waals surface area contributed by atoms with Crippen molar-refractivity contribution in [3.8, 4) is 0 Å². The second kappa shape index (κ2) is 14.7. The molecule has 0 saturated heterocycles. The minimum atomic E-state index is -4.21. The number of likely N-dealkylation sites (N-methyl/N-ethyl adjacent to an activating group) is 2. The summed E-state index contributed by atoms with van der Waals surface area (Å²) in [5.74, 6) is 0. The van der Waals surface area contributed by atoms with Gasteiger partial charge < -0.3 is 14.7 Å². The molecule has 0 spiro atoms. The zero-order valence-electron chi connectivity index (χ0n) is 20.5. The second-order valence-electron chi connectivity index (χ2n) is 8.61. The van der Waals surface area contributed by atoms with Gasteiger partial charge in [0.05, 0.1) is 12.6 Å². The lowest BCUT2D eigenvalue weighted by atomic mass is 10.4. The average molecular weight is 673 g/mol. The first-order valence-electron chi connectivity index (χ1n) is 11.4. The van der Waals surface area contributed by atoms with Gasteiger partial charge in [0.2, 0.25) is 7.37 Å². The Kier molecular flexibility index (Phi) is 12.9. The van der Waals surface area contributed by atoms with Gasteiger partial charge >= 0.3 is 7.60 Å². The molecule has 14 heteroatoms. The Labute approximate surface area is 227 Å². The summed E-state index contributed by atoms with van der Waals surface area (Å²) in [6.45, 7) is 4.01. The fourth-order valence-corrected chi connectivity index (χ4v) is 8.87. The van der Waals surface area contributed by atoms with Gasteiger partial charge in [0.1, 0.15) is 29.3 Å². The molecule has 202 valence electrons. The maximum atomic E-state index is 13.7. The molecule has 0 fully saturated rings. The standard InChI is InChI=1S/C22H35IN3O7P3/c1-3-25(19-34(27,28)21-10-6-4-7-11-21)16-17-26(15-14-24(2)18-36(30,31)32)20-35(29,33-23)22-12-8-5-9-13-22/h4-13H,3,14-20H2,1-2H3,(H,27,28)(H2,30,31,32). The van der Waals surface area contributed by atoms with Crippen LogP contribution in [0.4, 0.5) is 0 Å². The number of rotatable bonds is 16. The number of halogens is 1. The van der Waals surface area contributed by atoms with Gasteiger partial charge in [-0.15, -0.1) is 0 Å². The van der Waals surface area contributed by atoms with Crippen molar-refractivity contribution in [3.63, 3.8) is 0 Å². The average Bonchev–Trinajstić information content (AvgIpc) is 2.84. The highest BCUT2D eigenvalue weighted by Gasteiger charge is 2.30. The van der Waals surface area contributed by atoms with E-state index < -0.39 is 22.3 Å². The van der Waals surface area contributed by atoms with Crippen LogP contribution >= 0.6 is 45.3 Å². The van der Waals surface area contributed by atoms with Gasteiger partial charge in [-0.05, 0) is 37.9 Å². The first kappa shape index (κ1) is 31.8. The Morgan fingerprint density at radius 3 is 1.75 bits per heavy atom. The molecule has 0 saturated carbocycles. The van der Waals surface area contributed by atoms with E-state index in [9.17, 15) is 28.4 Å². The van der Waals surface area contributed by atoms with Crippen LogP contribution in [0.25, 0.3) is 0 Å². The van der Waals surface area contributed by atoms with Gasteiger partial charge in [-0.25, -0.2) is 0 Å². The van der Waals surface area contributed by atoms with Crippen molar-refractivity contribution in [3.05, 3.63) is 60.7 Å². The molecule has 2 unspecified atom stereocenters. The van der Waals surface area contributed by atoms with Gasteiger partial charge in [-0.3, -0.25) is 31.2 Å². The van der Waals surface area contributed by atoms with Crippen LogP contribution in [0, 0.1) is 0 Å². The number of benzene rings is 2. The van der Waals surface area contributed by atoms with Gasteiger partial charge in [0.15, 0.2) is 0 Å². The molecule has 2 aromatic rings. The molecule has 0 aromatic heterocycles. The summed E-state index contributed by atoms with van der Waals surface area (Å²) in [6.07, 6.45) is -0.304. The van der Waals surface area contributed by atoms with Crippen molar-refractivity contribution in [1.29, 1.82) is 0 Å². The third-order valence-corrected chi connectivity index (χ3v) is 12.3. The summed E-state index contributed by atoms with van der Waals surface area (Å²) in [6, 6.07) is 17.4. The fourth-order valence-electron chi connectivity index (χ4n) is 3.64. The Morgan fingerprint density at radius 2 is 1.25 bits per heavy atom. The van der Waals surface area contributed by atoms with Gasteiger partial charge in [0, 0.05) is 36.8 Å². The smallest absolute Gasteiger partial charge is 0.339 e. The predicted octanol–water partition coefficient (Wildman–Crippen LogP) is 3.16. The van der Waals surface area contributed by atoms with Crippen LogP contribution in [0.5, 0.6) is 0 Å². The molecule has 0 aliphatic heterocycles. The molecule has 2 aromatic carbocycles. The lowest BCUT2D eigenvalue weighted by molar-refractivity contribution is 0.216. The molecular weight excluding hydrogens is 638 g/mol. The molecule has 10 nitrogen and oxygen atoms in total. The number of hydrogen-bond donors (Lipinski definition) is 3. The van der Waals surface area contributed by atoms with E-state index in [1.165, 1.54) is 4.90 Å². The Morgan fingerprint density at radius 1 is 0.750 bits per heavy atom. The molecule has 36 heavy (non-hydrogen) atoms.